The molecule has 1 saturated heterocycles. The van der Waals surface area contributed by atoms with E-state index >= 15 is 0 Å². The Bertz CT molecular complexity index is 850. The Labute approximate surface area is 147 Å². The minimum Gasteiger partial charge on any atom is -0.321 e. The summed E-state index contributed by atoms with van der Waals surface area (Å²) in [5.41, 5.74) is 2.44. The minimum absolute atomic E-state index is 0.131. The van der Waals surface area contributed by atoms with E-state index in [-0.39, 0.29) is 5.91 Å². The van der Waals surface area contributed by atoms with Gasteiger partial charge in [-0.1, -0.05) is 31.4 Å². The number of fused-ring (bicyclic) bond motifs is 1. The predicted octanol–water partition coefficient (Wildman–Crippen LogP) is 3.23. The van der Waals surface area contributed by atoms with Gasteiger partial charge in [0.2, 0.25) is 5.96 Å². The molecule has 1 aromatic heterocycles. The highest BCUT2D eigenvalue weighted by molar-refractivity contribution is 6.15. The molecule has 5 heteroatoms. The van der Waals surface area contributed by atoms with Crippen LogP contribution in [0.2, 0.25) is 0 Å². The summed E-state index contributed by atoms with van der Waals surface area (Å²) in [6.45, 7) is 0.789. The van der Waals surface area contributed by atoms with Crippen LogP contribution in [0.25, 0.3) is 17.0 Å². The highest BCUT2D eigenvalue weighted by atomic mass is 16.2. The number of aromatic nitrogens is 1. The molecule has 0 radical (unpaired) electrons. The number of rotatable bonds is 3. The molecule has 1 aromatic carbocycles. The smallest absolute Gasteiger partial charge is 0.274 e. The summed E-state index contributed by atoms with van der Waals surface area (Å²) in [5, 5.41) is 6.99. The second-order valence-corrected chi connectivity index (χ2v) is 6.79. The van der Waals surface area contributed by atoms with E-state index in [0.29, 0.717) is 17.6 Å². The number of carbonyl (C=O) groups is 1. The average molecular weight is 334 g/mol. The van der Waals surface area contributed by atoms with Gasteiger partial charge >= 0.3 is 0 Å². The lowest BCUT2D eigenvalue weighted by atomic mass is 9.89. The van der Waals surface area contributed by atoms with Crippen molar-refractivity contribution in [2.45, 2.75) is 32.1 Å². The van der Waals surface area contributed by atoms with E-state index in [4.69, 9.17) is 0 Å². The molecule has 4 rings (SSSR count). The van der Waals surface area contributed by atoms with Gasteiger partial charge in [0.1, 0.15) is 5.70 Å². The van der Waals surface area contributed by atoms with E-state index in [0.717, 1.165) is 23.0 Å². The molecule has 1 aliphatic carbocycles. The van der Waals surface area contributed by atoms with Crippen molar-refractivity contribution < 1.29 is 4.79 Å². The number of benzene rings is 1. The number of hydrogen-bond donors (Lipinski definition) is 2. The lowest BCUT2D eigenvalue weighted by molar-refractivity contribution is -0.115. The SMILES string of the molecule is O=C1NC(=NCC2CCCCC2)N/C1=C\c1ccc2ncccc2c1. The minimum atomic E-state index is -0.131. The molecule has 0 atom stereocenters. The number of carbonyl (C=O) groups excluding carboxylic acids is 1. The molecule has 2 aliphatic rings. The van der Waals surface area contributed by atoms with Crippen LogP contribution in [-0.4, -0.2) is 23.4 Å². The molecule has 1 amide bonds. The molecule has 0 unspecified atom stereocenters. The summed E-state index contributed by atoms with van der Waals surface area (Å²) in [6, 6.07) is 9.89. The molecule has 2 fully saturated rings. The van der Waals surface area contributed by atoms with Crippen LogP contribution in [0, 0.1) is 5.92 Å². The summed E-state index contributed by atoms with van der Waals surface area (Å²) in [7, 11) is 0. The van der Waals surface area contributed by atoms with Gasteiger partial charge in [-0.25, -0.2) is 0 Å². The standard InChI is InChI=1S/C20H22N4O/c25-19-18(12-15-8-9-17-16(11-15)7-4-10-21-17)23-20(24-19)22-13-14-5-2-1-3-6-14/h4,7-12,14H,1-3,5-6,13H2,(H2,22,23,24,25)/b18-12-. The molecule has 2 N–H and O–H groups in total. The lowest BCUT2D eigenvalue weighted by Crippen LogP contribution is -2.26. The van der Waals surface area contributed by atoms with Crippen molar-refractivity contribution >= 4 is 28.8 Å². The summed E-state index contributed by atoms with van der Waals surface area (Å²) < 4.78 is 0. The summed E-state index contributed by atoms with van der Waals surface area (Å²) in [5.74, 6) is 1.10. The van der Waals surface area contributed by atoms with Crippen LogP contribution in [0.3, 0.4) is 0 Å². The molecular weight excluding hydrogens is 312 g/mol. The molecule has 0 spiro atoms. The number of guanidine groups is 1. The third kappa shape index (κ3) is 3.71. The summed E-state index contributed by atoms with van der Waals surface area (Å²) in [6.07, 6.45) is 10.1. The van der Waals surface area contributed by atoms with Gasteiger partial charge in [0.25, 0.3) is 5.91 Å². The molecule has 2 heterocycles. The maximum absolute atomic E-state index is 12.2. The van der Waals surface area contributed by atoms with Crippen LogP contribution in [-0.2, 0) is 4.79 Å². The normalized spacial score (nSPS) is 21.7. The number of nitrogens with one attached hydrogen (secondary N) is 2. The van der Waals surface area contributed by atoms with Crippen LogP contribution < -0.4 is 10.6 Å². The first-order valence-corrected chi connectivity index (χ1v) is 8.97. The lowest BCUT2D eigenvalue weighted by Gasteiger charge is -2.19. The highest BCUT2D eigenvalue weighted by Crippen LogP contribution is 2.23. The first-order chi connectivity index (χ1) is 12.3. The van der Waals surface area contributed by atoms with Crippen molar-refractivity contribution in [1.82, 2.24) is 15.6 Å². The molecule has 1 saturated carbocycles. The first-order valence-electron chi connectivity index (χ1n) is 8.97. The maximum atomic E-state index is 12.2. The van der Waals surface area contributed by atoms with E-state index in [1.807, 2.05) is 36.4 Å². The number of hydrogen-bond acceptors (Lipinski definition) is 3. The van der Waals surface area contributed by atoms with Gasteiger partial charge in [0, 0.05) is 18.1 Å². The van der Waals surface area contributed by atoms with Gasteiger partial charge in [-0.05, 0) is 48.6 Å². The Morgan fingerprint density at radius 1 is 1.16 bits per heavy atom. The molecule has 1 aliphatic heterocycles. The van der Waals surface area contributed by atoms with Crippen molar-refractivity contribution in [1.29, 1.82) is 0 Å². The number of nitrogens with zero attached hydrogens (tertiary/aromatic N) is 2. The number of pyridine rings is 1. The van der Waals surface area contributed by atoms with Crippen molar-refractivity contribution in [3.05, 3.63) is 47.8 Å². The fraction of sp³-hybridized carbons (Fsp3) is 0.350. The van der Waals surface area contributed by atoms with Crippen molar-refractivity contribution in [2.24, 2.45) is 10.9 Å². The van der Waals surface area contributed by atoms with E-state index < -0.39 is 0 Å². The van der Waals surface area contributed by atoms with Crippen LogP contribution in [0.15, 0.2) is 47.2 Å². The molecule has 2 aromatic rings. The molecule has 5 nitrogen and oxygen atoms in total. The average Bonchev–Trinajstić information content (AvgIpc) is 3.00. The van der Waals surface area contributed by atoms with Crippen molar-refractivity contribution in [3.8, 4) is 0 Å². The van der Waals surface area contributed by atoms with Gasteiger partial charge in [0.15, 0.2) is 0 Å². The fourth-order valence-corrected chi connectivity index (χ4v) is 3.51. The van der Waals surface area contributed by atoms with Crippen molar-refractivity contribution in [2.75, 3.05) is 6.54 Å². The second kappa shape index (κ2) is 7.05. The first kappa shape index (κ1) is 15.8. The molecule has 128 valence electrons. The Morgan fingerprint density at radius 3 is 2.92 bits per heavy atom. The zero-order valence-electron chi connectivity index (χ0n) is 14.2. The Hall–Kier alpha value is -2.69. The Balaban J connectivity index is 1.48. The van der Waals surface area contributed by atoms with Crippen LogP contribution >= 0.6 is 0 Å². The van der Waals surface area contributed by atoms with Crippen LogP contribution in [0.1, 0.15) is 37.7 Å². The number of amides is 1. The predicted molar refractivity (Wildman–Crippen MR) is 99.9 cm³/mol. The molecule has 25 heavy (non-hydrogen) atoms. The molecule has 0 bridgehead atoms. The summed E-state index contributed by atoms with van der Waals surface area (Å²) in [4.78, 5) is 21.0. The zero-order chi connectivity index (χ0) is 17.1. The number of aliphatic imine (C=N–C) groups is 1. The van der Waals surface area contributed by atoms with E-state index in [1.54, 1.807) is 6.20 Å². The van der Waals surface area contributed by atoms with Gasteiger partial charge in [0.05, 0.1) is 5.52 Å². The largest absolute Gasteiger partial charge is 0.321 e. The topological polar surface area (TPSA) is 66.4 Å². The van der Waals surface area contributed by atoms with E-state index in [9.17, 15) is 4.79 Å². The van der Waals surface area contributed by atoms with Gasteiger partial charge in [-0.3, -0.25) is 20.1 Å². The fourth-order valence-electron chi connectivity index (χ4n) is 3.51. The third-order valence-electron chi connectivity index (χ3n) is 4.90. The third-order valence-corrected chi connectivity index (χ3v) is 4.90. The highest BCUT2D eigenvalue weighted by Gasteiger charge is 2.22. The van der Waals surface area contributed by atoms with E-state index in [2.05, 4.69) is 20.6 Å². The van der Waals surface area contributed by atoms with Crippen molar-refractivity contribution in [3.63, 3.8) is 0 Å². The van der Waals surface area contributed by atoms with Gasteiger partial charge in [-0.2, -0.15) is 0 Å². The monoisotopic (exact) mass is 334 g/mol. The van der Waals surface area contributed by atoms with Gasteiger partial charge < -0.3 is 5.32 Å². The van der Waals surface area contributed by atoms with Gasteiger partial charge in [-0.15, -0.1) is 0 Å². The Kier molecular flexibility index (Phi) is 4.46. The van der Waals surface area contributed by atoms with E-state index in [1.165, 1.54) is 32.1 Å². The maximum Gasteiger partial charge on any atom is 0.274 e. The second-order valence-electron chi connectivity index (χ2n) is 6.79. The Morgan fingerprint density at radius 2 is 2.04 bits per heavy atom. The van der Waals surface area contributed by atoms with Crippen LogP contribution in [0.5, 0.6) is 0 Å². The zero-order valence-corrected chi connectivity index (χ0v) is 14.2. The molecular formula is C20H22N4O. The van der Waals surface area contributed by atoms with Crippen LogP contribution in [0.4, 0.5) is 0 Å². The summed E-state index contributed by atoms with van der Waals surface area (Å²) >= 11 is 0. The quantitative estimate of drug-likeness (QED) is 0.847.